The number of aromatic nitrogens is 4. The SMILES string of the molecule is CCn1nnc2cc(C(=O)N3CC(C)(C)C(=O)Nc4ccncc43)ccc21. The van der Waals surface area contributed by atoms with Crippen LogP contribution < -0.4 is 10.2 Å². The third kappa shape index (κ3) is 2.83. The topological polar surface area (TPSA) is 93.0 Å². The smallest absolute Gasteiger partial charge is 0.258 e. The Bertz CT molecular complexity index is 1060. The summed E-state index contributed by atoms with van der Waals surface area (Å²) in [7, 11) is 0. The number of benzene rings is 1. The van der Waals surface area contributed by atoms with Crippen molar-refractivity contribution in [3.05, 3.63) is 42.2 Å². The van der Waals surface area contributed by atoms with E-state index in [2.05, 4.69) is 20.6 Å². The molecule has 0 bridgehead atoms. The molecule has 1 aromatic carbocycles. The lowest BCUT2D eigenvalue weighted by Gasteiger charge is -2.28. The number of amides is 2. The number of aryl methyl sites for hydroxylation is 1. The number of rotatable bonds is 2. The lowest BCUT2D eigenvalue weighted by molar-refractivity contribution is -0.123. The Balaban J connectivity index is 1.79. The van der Waals surface area contributed by atoms with Crippen LogP contribution in [-0.4, -0.2) is 38.3 Å². The molecule has 0 aliphatic carbocycles. The van der Waals surface area contributed by atoms with Crippen molar-refractivity contribution in [2.75, 3.05) is 16.8 Å². The molecule has 8 nitrogen and oxygen atoms in total. The van der Waals surface area contributed by atoms with Crippen LogP contribution in [0, 0.1) is 5.41 Å². The van der Waals surface area contributed by atoms with E-state index in [4.69, 9.17) is 0 Å². The van der Waals surface area contributed by atoms with Gasteiger partial charge in [-0.25, -0.2) is 4.68 Å². The van der Waals surface area contributed by atoms with Crippen molar-refractivity contribution in [2.24, 2.45) is 5.41 Å². The van der Waals surface area contributed by atoms with E-state index >= 15 is 0 Å². The lowest BCUT2D eigenvalue weighted by atomic mass is 9.91. The summed E-state index contributed by atoms with van der Waals surface area (Å²) in [4.78, 5) is 31.6. The van der Waals surface area contributed by atoms with Gasteiger partial charge in [-0.1, -0.05) is 5.21 Å². The van der Waals surface area contributed by atoms with Gasteiger partial charge in [0.1, 0.15) is 5.52 Å². The van der Waals surface area contributed by atoms with Gasteiger partial charge in [-0.3, -0.25) is 14.6 Å². The zero-order valence-electron chi connectivity index (χ0n) is 15.4. The maximum Gasteiger partial charge on any atom is 0.258 e. The average Bonchev–Trinajstić information content (AvgIpc) is 3.04. The van der Waals surface area contributed by atoms with Crippen LogP contribution in [-0.2, 0) is 11.3 Å². The molecule has 0 atom stereocenters. The maximum absolute atomic E-state index is 13.3. The van der Waals surface area contributed by atoms with Crippen LogP contribution in [0.2, 0.25) is 0 Å². The molecule has 0 fully saturated rings. The van der Waals surface area contributed by atoms with Crippen LogP contribution in [0.25, 0.3) is 11.0 Å². The molecule has 1 aliphatic rings. The molecule has 138 valence electrons. The second kappa shape index (κ2) is 6.15. The number of carbonyl (C=O) groups is 2. The molecule has 2 amide bonds. The highest BCUT2D eigenvalue weighted by atomic mass is 16.2. The number of pyridine rings is 1. The van der Waals surface area contributed by atoms with Gasteiger partial charge in [-0.05, 0) is 45.0 Å². The summed E-state index contributed by atoms with van der Waals surface area (Å²) in [6.07, 6.45) is 3.19. The van der Waals surface area contributed by atoms with Crippen molar-refractivity contribution in [1.29, 1.82) is 0 Å². The van der Waals surface area contributed by atoms with Crippen LogP contribution >= 0.6 is 0 Å². The predicted molar refractivity (Wildman–Crippen MR) is 102 cm³/mol. The number of nitrogens with one attached hydrogen (secondary N) is 1. The predicted octanol–water partition coefficient (Wildman–Crippen LogP) is 2.47. The van der Waals surface area contributed by atoms with E-state index in [-0.39, 0.29) is 18.4 Å². The molecule has 0 radical (unpaired) electrons. The minimum absolute atomic E-state index is 0.133. The van der Waals surface area contributed by atoms with Crippen molar-refractivity contribution < 1.29 is 9.59 Å². The lowest BCUT2D eigenvalue weighted by Crippen LogP contribution is -2.42. The summed E-state index contributed by atoms with van der Waals surface area (Å²) in [5, 5.41) is 11.1. The molecule has 4 rings (SSSR count). The first kappa shape index (κ1) is 17.1. The first-order chi connectivity index (χ1) is 12.9. The molecule has 0 saturated heterocycles. The first-order valence-corrected chi connectivity index (χ1v) is 8.81. The Morgan fingerprint density at radius 3 is 2.89 bits per heavy atom. The fourth-order valence-electron chi connectivity index (χ4n) is 3.23. The number of fused-ring (bicyclic) bond motifs is 2. The summed E-state index contributed by atoms with van der Waals surface area (Å²) < 4.78 is 1.78. The molecule has 1 N–H and O–H groups in total. The molecule has 0 spiro atoms. The average molecular weight is 364 g/mol. The second-order valence-electron chi connectivity index (χ2n) is 7.23. The molecular weight excluding hydrogens is 344 g/mol. The van der Waals surface area contributed by atoms with Crippen molar-refractivity contribution in [1.82, 2.24) is 20.0 Å². The Labute approximate surface area is 156 Å². The third-order valence-corrected chi connectivity index (χ3v) is 4.81. The number of anilines is 2. The molecule has 3 heterocycles. The number of nitrogens with zero attached hydrogens (tertiary/aromatic N) is 5. The number of carbonyl (C=O) groups excluding carboxylic acids is 2. The van der Waals surface area contributed by atoms with E-state index in [9.17, 15) is 9.59 Å². The fraction of sp³-hybridized carbons (Fsp3) is 0.316. The number of hydrogen-bond acceptors (Lipinski definition) is 5. The second-order valence-corrected chi connectivity index (χ2v) is 7.23. The Morgan fingerprint density at radius 1 is 1.30 bits per heavy atom. The van der Waals surface area contributed by atoms with Gasteiger partial charge in [0.05, 0.1) is 28.5 Å². The van der Waals surface area contributed by atoms with E-state index in [1.54, 1.807) is 40.2 Å². The van der Waals surface area contributed by atoms with Crippen molar-refractivity contribution in [3.63, 3.8) is 0 Å². The monoisotopic (exact) mass is 364 g/mol. The molecule has 0 saturated carbocycles. The minimum atomic E-state index is -0.746. The molecule has 8 heteroatoms. The summed E-state index contributed by atoms with van der Waals surface area (Å²) in [5.41, 5.74) is 2.45. The van der Waals surface area contributed by atoms with Gasteiger partial charge in [0.15, 0.2) is 0 Å². The van der Waals surface area contributed by atoms with E-state index < -0.39 is 5.41 Å². The van der Waals surface area contributed by atoms with Crippen LogP contribution in [0.5, 0.6) is 0 Å². The van der Waals surface area contributed by atoms with E-state index in [0.717, 1.165) is 5.52 Å². The van der Waals surface area contributed by atoms with Crippen LogP contribution in [0.15, 0.2) is 36.7 Å². The Morgan fingerprint density at radius 2 is 2.11 bits per heavy atom. The Hall–Kier alpha value is -3.29. The standard InChI is InChI=1S/C19H20N6O2/c1-4-25-15-6-5-12(9-14(15)22-23-25)17(26)24-11-19(2,3)18(27)21-13-7-8-20-10-16(13)24/h5-10H,4,11H2,1-3H3,(H,21,27). The quantitative estimate of drug-likeness (QED) is 0.754. The van der Waals surface area contributed by atoms with Gasteiger partial charge in [0, 0.05) is 24.8 Å². The van der Waals surface area contributed by atoms with E-state index in [0.29, 0.717) is 29.0 Å². The fourth-order valence-corrected chi connectivity index (χ4v) is 3.23. The summed E-state index contributed by atoms with van der Waals surface area (Å²) >= 11 is 0. The van der Waals surface area contributed by atoms with Crippen LogP contribution in [0.1, 0.15) is 31.1 Å². The van der Waals surface area contributed by atoms with E-state index in [1.165, 1.54) is 0 Å². The van der Waals surface area contributed by atoms with Crippen LogP contribution in [0.3, 0.4) is 0 Å². The molecule has 27 heavy (non-hydrogen) atoms. The highest BCUT2D eigenvalue weighted by molar-refractivity contribution is 6.12. The zero-order chi connectivity index (χ0) is 19.2. The molecular formula is C19H20N6O2. The van der Waals surface area contributed by atoms with Crippen molar-refractivity contribution in [3.8, 4) is 0 Å². The minimum Gasteiger partial charge on any atom is -0.324 e. The molecule has 0 unspecified atom stereocenters. The highest BCUT2D eigenvalue weighted by Crippen LogP contribution is 2.34. The molecule has 1 aliphatic heterocycles. The molecule has 2 aromatic heterocycles. The van der Waals surface area contributed by atoms with Crippen LogP contribution in [0.4, 0.5) is 11.4 Å². The number of hydrogen-bond donors (Lipinski definition) is 1. The Kier molecular flexibility index (Phi) is 3.91. The molecule has 3 aromatic rings. The first-order valence-electron chi connectivity index (χ1n) is 8.81. The van der Waals surface area contributed by atoms with Gasteiger partial charge in [0.25, 0.3) is 5.91 Å². The van der Waals surface area contributed by atoms with Gasteiger partial charge in [-0.15, -0.1) is 5.10 Å². The highest BCUT2D eigenvalue weighted by Gasteiger charge is 2.37. The summed E-state index contributed by atoms with van der Waals surface area (Å²) in [6, 6.07) is 7.05. The zero-order valence-corrected chi connectivity index (χ0v) is 15.4. The van der Waals surface area contributed by atoms with E-state index in [1.807, 2.05) is 26.8 Å². The largest absolute Gasteiger partial charge is 0.324 e. The normalized spacial score (nSPS) is 16.0. The van der Waals surface area contributed by atoms with Gasteiger partial charge in [0.2, 0.25) is 5.91 Å². The van der Waals surface area contributed by atoms with Crippen molar-refractivity contribution in [2.45, 2.75) is 27.3 Å². The van der Waals surface area contributed by atoms with Gasteiger partial charge in [-0.2, -0.15) is 0 Å². The maximum atomic E-state index is 13.3. The van der Waals surface area contributed by atoms with Gasteiger partial charge < -0.3 is 10.2 Å². The van der Waals surface area contributed by atoms with Gasteiger partial charge >= 0.3 is 0 Å². The summed E-state index contributed by atoms with van der Waals surface area (Å²) in [5.74, 6) is -0.339. The van der Waals surface area contributed by atoms with Crippen molar-refractivity contribution >= 4 is 34.2 Å². The summed E-state index contributed by atoms with van der Waals surface area (Å²) in [6.45, 7) is 6.57. The third-order valence-electron chi connectivity index (χ3n) is 4.81.